The summed E-state index contributed by atoms with van der Waals surface area (Å²) in [6.07, 6.45) is -0.356. The monoisotopic (exact) mass is 407 g/mol. The number of ether oxygens (including phenoxy) is 2. The van der Waals surface area contributed by atoms with Crippen molar-refractivity contribution in [1.82, 2.24) is 10.6 Å². The molecule has 8 heteroatoms. The summed E-state index contributed by atoms with van der Waals surface area (Å²) in [6, 6.07) is 7.56. The summed E-state index contributed by atoms with van der Waals surface area (Å²) in [5, 5.41) is 5.11. The maximum atomic E-state index is 12.7. The first kappa shape index (κ1) is 24.4. The van der Waals surface area contributed by atoms with Gasteiger partial charge in [-0.05, 0) is 38.7 Å². The number of carbonyl (C=O) groups is 3. The Morgan fingerprint density at radius 1 is 1.03 bits per heavy atom. The molecule has 1 aromatic rings. The largest absolute Gasteiger partial charge is 0.444 e. The number of hydrogen-bond acceptors (Lipinski definition) is 5. The number of hydrogen-bond donors (Lipinski definition) is 3. The molecular formula is C21H33N3O5. The molecule has 4 N–H and O–H groups in total. The molecule has 2 atom stereocenters. The Morgan fingerprint density at radius 2 is 1.66 bits per heavy atom. The second-order valence-electron chi connectivity index (χ2n) is 8.29. The first-order valence-electron chi connectivity index (χ1n) is 9.69. The molecule has 0 spiro atoms. The van der Waals surface area contributed by atoms with Crippen LogP contribution in [0.2, 0.25) is 0 Å². The smallest absolute Gasteiger partial charge is 0.408 e. The third-order valence-corrected chi connectivity index (χ3v) is 3.77. The van der Waals surface area contributed by atoms with Crippen LogP contribution in [-0.2, 0) is 25.7 Å². The van der Waals surface area contributed by atoms with E-state index in [2.05, 4.69) is 10.6 Å². The van der Waals surface area contributed by atoms with Crippen LogP contribution in [0.15, 0.2) is 30.3 Å². The Bertz CT molecular complexity index is 671. The Labute approximate surface area is 172 Å². The van der Waals surface area contributed by atoms with Crippen LogP contribution in [0.4, 0.5) is 4.79 Å². The highest BCUT2D eigenvalue weighted by atomic mass is 16.6. The van der Waals surface area contributed by atoms with Gasteiger partial charge in [0.1, 0.15) is 17.7 Å². The second kappa shape index (κ2) is 11.4. The highest BCUT2D eigenvalue weighted by Crippen LogP contribution is 2.08. The van der Waals surface area contributed by atoms with Crippen molar-refractivity contribution in [2.75, 3.05) is 6.61 Å². The zero-order valence-corrected chi connectivity index (χ0v) is 17.9. The van der Waals surface area contributed by atoms with Gasteiger partial charge in [-0.1, -0.05) is 44.2 Å². The van der Waals surface area contributed by atoms with Gasteiger partial charge in [-0.15, -0.1) is 0 Å². The first-order valence-corrected chi connectivity index (χ1v) is 9.69. The molecule has 0 fully saturated rings. The van der Waals surface area contributed by atoms with Crippen LogP contribution >= 0.6 is 0 Å². The fourth-order valence-electron chi connectivity index (χ4n) is 2.49. The standard InChI is InChI=1S/C21H33N3O5/c1-14(2)11-16(18(22)25)23-19(26)17(24-20(27)29-21(3,4)5)13-28-12-15-9-7-6-8-10-15/h6-10,14,16-17H,11-13H2,1-5H3,(H2,22,25)(H,23,26)(H,24,27)/t16-,17+/m0/s1. The molecule has 0 unspecified atom stereocenters. The Hall–Kier alpha value is -2.61. The van der Waals surface area contributed by atoms with Gasteiger partial charge < -0.3 is 25.8 Å². The lowest BCUT2D eigenvalue weighted by atomic mass is 10.0. The first-order chi connectivity index (χ1) is 13.5. The van der Waals surface area contributed by atoms with Crippen LogP contribution in [0, 0.1) is 5.92 Å². The van der Waals surface area contributed by atoms with E-state index in [1.54, 1.807) is 20.8 Å². The molecular weight excluding hydrogens is 374 g/mol. The molecule has 8 nitrogen and oxygen atoms in total. The van der Waals surface area contributed by atoms with Gasteiger partial charge in [0.05, 0.1) is 13.2 Å². The normalized spacial score (nSPS) is 13.4. The van der Waals surface area contributed by atoms with E-state index in [0.29, 0.717) is 6.42 Å². The van der Waals surface area contributed by atoms with E-state index >= 15 is 0 Å². The minimum absolute atomic E-state index is 0.0901. The maximum absolute atomic E-state index is 12.7. The van der Waals surface area contributed by atoms with E-state index < -0.39 is 35.6 Å². The summed E-state index contributed by atoms with van der Waals surface area (Å²) < 4.78 is 10.8. The van der Waals surface area contributed by atoms with E-state index in [0.717, 1.165) is 5.56 Å². The van der Waals surface area contributed by atoms with Crippen molar-refractivity contribution >= 4 is 17.9 Å². The summed E-state index contributed by atoms with van der Waals surface area (Å²) in [7, 11) is 0. The lowest BCUT2D eigenvalue weighted by Crippen LogP contribution is -2.55. The molecule has 0 aliphatic carbocycles. The molecule has 0 saturated carbocycles. The number of primary amides is 1. The Kier molecular flexibility index (Phi) is 9.61. The van der Waals surface area contributed by atoms with Crippen molar-refractivity contribution in [2.24, 2.45) is 11.7 Å². The molecule has 3 amide bonds. The van der Waals surface area contributed by atoms with Gasteiger partial charge >= 0.3 is 6.09 Å². The number of alkyl carbamates (subject to hydrolysis) is 1. The van der Waals surface area contributed by atoms with Crippen molar-refractivity contribution in [3.63, 3.8) is 0 Å². The lowest BCUT2D eigenvalue weighted by Gasteiger charge is -2.25. The molecule has 0 aliphatic rings. The summed E-state index contributed by atoms with van der Waals surface area (Å²) in [5.74, 6) is -1.04. The highest BCUT2D eigenvalue weighted by Gasteiger charge is 2.28. The molecule has 1 aromatic carbocycles. The van der Waals surface area contributed by atoms with E-state index in [4.69, 9.17) is 15.2 Å². The molecule has 0 bridgehead atoms. The second-order valence-corrected chi connectivity index (χ2v) is 8.29. The van der Waals surface area contributed by atoms with Crippen LogP contribution in [0.3, 0.4) is 0 Å². The van der Waals surface area contributed by atoms with Gasteiger partial charge in [-0.25, -0.2) is 4.79 Å². The van der Waals surface area contributed by atoms with Crippen molar-refractivity contribution in [2.45, 2.75) is 65.3 Å². The molecule has 162 valence electrons. The Balaban J connectivity index is 2.79. The van der Waals surface area contributed by atoms with Crippen LogP contribution in [-0.4, -0.2) is 42.2 Å². The minimum Gasteiger partial charge on any atom is -0.444 e. The summed E-state index contributed by atoms with van der Waals surface area (Å²) >= 11 is 0. The van der Waals surface area contributed by atoms with E-state index in [1.165, 1.54) is 0 Å². The molecule has 0 saturated heterocycles. The average molecular weight is 408 g/mol. The predicted molar refractivity (Wildman–Crippen MR) is 110 cm³/mol. The van der Waals surface area contributed by atoms with Gasteiger partial charge in [0.25, 0.3) is 0 Å². The van der Waals surface area contributed by atoms with Crippen LogP contribution in [0.1, 0.15) is 46.6 Å². The molecule has 0 heterocycles. The van der Waals surface area contributed by atoms with Crippen LogP contribution in [0.25, 0.3) is 0 Å². The predicted octanol–water partition coefficient (Wildman–Crippen LogP) is 2.11. The maximum Gasteiger partial charge on any atom is 0.408 e. The van der Waals surface area contributed by atoms with Crippen molar-refractivity contribution in [3.8, 4) is 0 Å². The topological polar surface area (TPSA) is 120 Å². The van der Waals surface area contributed by atoms with E-state index in [1.807, 2.05) is 44.2 Å². The van der Waals surface area contributed by atoms with Crippen molar-refractivity contribution in [1.29, 1.82) is 0 Å². The number of rotatable bonds is 10. The zero-order valence-electron chi connectivity index (χ0n) is 17.9. The van der Waals surface area contributed by atoms with Crippen LogP contribution in [0.5, 0.6) is 0 Å². The average Bonchev–Trinajstić information content (AvgIpc) is 2.59. The number of nitrogens with two attached hydrogens (primary N) is 1. The van der Waals surface area contributed by atoms with Gasteiger partial charge in [-0.3, -0.25) is 9.59 Å². The van der Waals surface area contributed by atoms with E-state index in [-0.39, 0.29) is 19.1 Å². The zero-order chi connectivity index (χ0) is 22.0. The summed E-state index contributed by atoms with van der Waals surface area (Å²) in [5.41, 5.74) is 5.61. The third-order valence-electron chi connectivity index (χ3n) is 3.77. The SMILES string of the molecule is CC(C)C[C@H](NC(=O)[C@@H](COCc1ccccc1)NC(=O)OC(C)(C)C)C(N)=O. The van der Waals surface area contributed by atoms with Gasteiger partial charge in [-0.2, -0.15) is 0 Å². The number of carbonyl (C=O) groups excluding carboxylic acids is 3. The highest BCUT2D eigenvalue weighted by molar-refractivity contribution is 5.90. The summed E-state index contributed by atoms with van der Waals surface area (Å²) in [6.45, 7) is 9.18. The fraction of sp³-hybridized carbons (Fsp3) is 0.571. The number of amides is 3. The van der Waals surface area contributed by atoms with Gasteiger partial charge in [0.15, 0.2) is 0 Å². The number of benzene rings is 1. The Morgan fingerprint density at radius 3 is 2.17 bits per heavy atom. The minimum atomic E-state index is -1.04. The molecule has 29 heavy (non-hydrogen) atoms. The molecule has 1 rings (SSSR count). The van der Waals surface area contributed by atoms with Gasteiger partial charge in [0.2, 0.25) is 11.8 Å². The van der Waals surface area contributed by atoms with Crippen molar-refractivity contribution < 1.29 is 23.9 Å². The van der Waals surface area contributed by atoms with E-state index in [9.17, 15) is 14.4 Å². The van der Waals surface area contributed by atoms with Crippen LogP contribution < -0.4 is 16.4 Å². The number of nitrogens with one attached hydrogen (secondary N) is 2. The summed E-state index contributed by atoms with van der Waals surface area (Å²) in [4.78, 5) is 36.5. The molecule has 0 aromatic heterocycles. The quantitative estimate of drug-likeness (QED) is 0.549. The molecule has 0 radical (unpaired) electrons. The third kappa shape index (κ3) is 10.5. The lowest BCUT2D eigenvalue weighted by molar-refractivity contribution is -0.130. The van der Waals surface area contributed by atoms with Crippen molar-refractivity contribution in [3.05, 3.63) is 35.9 Å². The molecule has 0 aliphatic heterocycles. The van der Waals surface area contributed by atoms with Gasteiger partial charge in [0, 0.05) is 0 Å². The fourth-order valence-corrected chi connectivity index (χ4v) is 2.49.